The van der Waals surface area contributed by atoms with Crippen molar-refractivity contribution in [3.63, 3.8) is 0 Å². The molecule has 0 bridgehead atoms. The Morgan fingerprint density at radius 2 is 2.00 bits per heavy atom. The average molecular weight is 385 g/mol. The maximum Gasteiger partial charge on any atom is 0.300 e. The fourth-order valence-electron chi connectivity index (χ4n) is 2.70. The number of aromatic hydroxyl groups is 1. The van der Waals surface area contributed by atoms with Gasteiger partial charge in [-0.1, -0.05) is 30.3 Å². The molecule has 8 heteroatoms. The zero-order valence-electron chi connectivity index (χ0n) is 14.6. The lowest BCUT2D eigenvalue weighted by atomic mass is 10.1. The summed E-state index contributed by atoms with van der Waals surface area (Å²) >= 11 is 0.997. The molecule has 0 saturated carbocycles. The molecule has 1 amide bonds. The smallest absolute Gasteiger partial charge is 0.300 e. The molecule has 1 heterocycles. The molecule has 140 valence electrons. The first-order chi connectivity index (χ1) is 13.1. The van der Waals surface area contributed by atoms with E-state index in [1.165, 1.54) is 0 Å². The van der Waals surface area contributed by atoms with Crippen LogP contribution in [0.5, 0.6) is 5.75 Å². The summed E-state index contributed by atoms with van der Waals surface area (Å²) < 4.78 is 1.04. The van der Waals surface area contributed by atoms with Gasteiger partial charge in [-0.05, 0) is 42.6 Å². The molecule has 27 heavy (non-hydrogen) atoms. The van der Waals surface area contributed by atoms with E-state index < -0.39 is 17.2 Å². The summed E-state index contributed by atoms with van der Waals surface area (Å²) in [6, 6.07) is 14.3. The van der Waals surface area contributed by atoms with Gasteiger partial charge in [-0.3, -0.25) is 14.7 Å². The summed E-state index contributed by atoms with van der Waals surface area (Å²) in [4.78, 5) is 31.6. The predicted molar refractivity (Wildman–Crippen MR) is 105 cm³/mol. The van der Waals surface area contributed by atoms with Gasteiger partial charge in [0.2, 0.25) is 0 Å². The fourth-order valence-corrected chi connectivity index (χ4v) is 3.03. The highest BCUT2D eigenvalue weighted by Gasteiger charge is 2.23. The maximum absolute atomic E-state index is 12.9. The monoisotopic (exact) mass is 385 g/mol. The summed E-state index contributed by atoms with van der Waals surface area (Å²) in [7, 11) is 0. The van der Waals surface area contributed by atoms with Gasteiger partial charge in [0.15, 0.2) is 0 Å². The van der Waals surface area contributed by atoms with E-state index in [9.17, 15) is 14.7 Å². The van der Waals surface area contributed by atoms with Crippen LogP contribution < -0.4 is 20.9 Å². The molecule has 0 aliphatic heterocycles. The Kier molecular flexibility index (Phi) is 5.68. The van der Waals surface area contributed by atoms with Gasteiger partial charge in [0.25, 0.3) is 11.5 Å². The molecule has 0 radical (unpaired) electrons. The normalized spacial score (nSPS) is 10.7. The number of rotatable bonds is 6. The maximum atomic E-state index is 12.9. The standard InChI is InChI=1S/C19H19N3O4S/c1-2-21-18(24)16-17(23)14-10-13(27-20)8-9-15(14)22(19(16)25)26-11-12-6-4-3-5-7-12/h3-10,23H,2,11,20H2,1H3,(H,21,24). The second kappa shape index (κ2) is 8.15. The molecule has 4 N–H and O–H groups in total. The molecule has 7 nitrogen and oxygen atoms in total. The number of hydrogen-bond acceptors (Lipinski definition) is 6. The number of pyridine rings is 1. The molecule has 0 unspecified atom stereocenters. The Bertz CT molecular complexity index is 1030. The van der Waals surface area contributed by atoms with E-state index in [4.69, 9.17) is 9.98 Å². The first-order valence-corrected chi connectivity index (χ1v) is 9.18. The van der Waals surface area contributed by atoms with Crippen molar-refractivity contribution in [2.75, 3.05) is 6.54 Å². The molecule has 3 rings (SSSR count). The van der Waals surface area contributed by atoms with Crippen LogP contribution in [0.1, 0.15) is 22.8 Å². The topological polar surface area (TPSA) is 107 Å². The zero-order chi connectivity index (χ0) is 19.4. The Morgan fingerprint density at radius 3 is 2.67 bits per heavy atom. The quantitative estimate of drug-likeness (QED) is 0.561. The van der Waals surface area contributed by atoms with Crippen molar-refractivity contribution in [2.24, 2.45) is 5.14 Å². The van der Waals surface area contributed by atoms with Crippen molar-refractivity contribution in [2.45, 2.75) is 18.4 Å². The summed E-state index contributed by atoms with van der Waals surface area (Å²) in [6.45, 7) is 2.17. The minimum atomic E-state index is -0.727. The SMILES string of the molecule is CCNC(=O)c1c(O)c2cc(SN)ccc2n(OCc2ccccc2)c1=O. The number of carbonyl (C=O) groups is 1. The number of benzene rings is 2. The van der Waals surface area contributed by atoms with E-state index in [1.54, 1.807) is 25.1 Å². The molecule has 0 saturated heterocycles. The van der Waals surface area contributed by atoms with Gasteiger partial charge in [-0.15, -0.1) is 4.73 Å². The van der Waals surface area contributed by atoms with E-state index in [2.05, 4.69) is 5.32 Å². The highest BCUT2D eigenvalue weighted by molar-refractivity contribution is 7.97. The molecule has 0 aliphatic rings. The van der Waals surface area contributed by atoms with E-state index >= 15 is 0 Å². The molecule has 2 aromatic carbocycles. The van der Waals surface area contributed by atoms with E-state index in [1.807, 2.05) is 30.3 Å². The lowest BCUT2D eigenvalue weighted by Gasteiger charge is -2.16. The number of carbonyl (C=O) groups excluding carboxylic acids is 1. The van der Waals surface area contributed by atoms with Gasteiger partial charge in [0.05, 0.1) is 5.52 Å². The molecule has 3 aromatic rings. The van der Waals surface area contributed by atoms with Crippen LogP contribution in [0.2, 0.25) is 0 Å². The molecular formula is C19H19N3O4S. The highest BCUT2D eigenvalue weighted by Crippen LogP contribution is 2.29. The van der Waals surface area contributed by atoms with Gasteiger partial charge < -0.3 is 15.3 Å². The molecular weight excluding hydrogens is 366 g/mol. The van der Waals surface area contributed by atoms with Crippen molar-refractivity contribution < 1.29 is 14.7 Å². The second-order valence-corrected chi connectivity index (χ2v) is 6.45. The summed E-state index contributed by atoms with van der Waals surface area (Å²) in [5, 5.41) is 19.0. The van der Waals surface area contributed by atoms with Gasteiger partial charge >= 0.3 is 0 Å². The van der Waals surface area contributed by atoms with Crippen LogP contribution in [0, 0.1) is 0 Å². The van der Waals surface area contributed by atoms with Crippen LogP contribution in [-0.2, 0) is 6.61 Å². The summed E-state index contributed by atoms with van der Waals surface area (Å²) in [5.41, 5.74) is 0.116. The van der Waals surface area contributed by atoms with Crippen molar-refractivity contribution in [1.29, 1.82) is 0 Å². The van der Waals surface area contributed by atoms with Gasteiger partial charge in [0.1, 0.15) is 17.9 Å². The Balaban J connectivity index is 2.17. The number of nitrogens with zero attached hydrogens (tertiary/aromatic N) is 1. The highest BCUT2D eigenvalue weighted by atomic mass is 32.2. The van der Waals surface area contributed by atoms with Crippen molar-refractivity contribution in [3.8, 4) is 5.75 Å². The number of fused-ring (bicyclic) bond motifs is 1. The number of aromatic nitrogens is 1. The predicted octanol–water partition coefficient (Wildman–Crippen LogP) is 2.05. The van der Waals surface area contributed by atoms with Crippen LogP contribution >= 0.6 is 11.9 Å². The van der Waals surface area contributed by atoms with Gasteiger partial charge in [-0.2, -0.15) is 0 Å². The largest absolute Gasteiger partial charge is 0.506 e. The van der Waals surface area contributed by atoms with Crippen LogP contribution in [0.4, 0.5) is 0 Å². The fraction of sp³-hybridized carbons (Fsp3) is 0.158. The second-order valence-electron chi connectivity index (χ2n) is 5.74. The van der Waals surface area contributed by atoms with Crippen LogP contribution in [0.25, 0.3) is 10.9 Å². The Morgan fingerprint density at radius 1 is 1.26 bits per heavy atom. The van der Waals surface area contributed by atoms with Crippen molar-refractivity contribution >= 4 is 28.8 Å². The molecule has 0 aliphatic carbocycles. The number of nitrogens with one attached hydrogen (secondary N) is 1. The van der Waals surface area contributed by atoms with E-state index in [-0.39, 0.29) is 12.2 Å². The molecule has 0 spiro atoms. The third-order valence-electron chi connectivity index (χ3n) is 3.98. The van der Waals surface area contributed by atoms with Gasteiger partial charge in [-0.25, -0.2) is 0 Å². The lowest BCUT2D eigenvalue weighted by Crippen LogP contribution is -2.35. The Labute approximate surface area is 159 Å². The zero-order valence-corrected chi connectivity index (χ0v) is 15.5. The number of hydrogen-bond donors (Lipinski definition) is 3. The minimum absolute atomic E-state index is 0.128. The molecule has 0 atom stereocenters. The molecule has 0 fully saturated rings. The number of amides is 1. The average Bonchev–Trinajstić information content (AvgIpc) is 2.68. The minimum Gasteiger partial charge on any atom is -0.506 e. The van der Waals surface area contributed by atoms with Crippen molar-refractivity contribution in [3.05, 3.63) is 70.0 Å². The third kappa shape index (κ3) is 3.76. The first-order valence-electron chi connectivity index (χ1n) is 8.30. The van der Waals surface area contributed by atoms with Crippen molar-refractivity contribution in [1.82, 2.24) is 10.0 Å². The third-order valence-corrected chi connectivity index (χ3v) is 4.51. The van der Waals surface area contributed by atoms with E-state index in [0.29, 0.717) is 22.3 Å². The first kappa shape index (κ1) is 18.8. The van der Waals surface area contributed by atoms with Crippen LogP contribution in [0.15, 0.2) is 58.2 Å². The summed E-state index contributed by atoms with van der Waals surface area (Å²) in [6.07, 6.45) is 0. The lowest BCUT2D eigenvalue weighted by molar-refractivity contribution is 0.0899. The van der Waals surface area contributed by atoms with Crippen LogP contribution in [-0.4, -0.2) is 22.3 Å². The van der Waals surface area contributed by atoms with Gasteiger partial charge in [0, 0.05) is 16.8 Å². The molecule has 1 aromatic heterocycles. The number of nitrogens with two attached hydrogens (primary N) is 1. The summed E-state index contributed by atoms with van der Waals surface area (Å²) in [5.74, 6) is -1.05. The Hall–Kier alpha value is -2.97. The van der Waals surface area contributed by atoms with Crippen LogP contribution in [0.3, 0.4) is 0 Å². The van der Waals surface area contributed by atoms with E-state index in [0.717, 1.165) is 22.2 Å².